The number of rotatable bonds is 4. The van der Waals surface area contributed by atoms with Gasteiger partial charge in [-0.05, 0) is 66.1 Å². The monoisotopic (exact) mass is 467 g/mol. The Morgan fingerprint density at radius 3 is 2.06 bits per heavy atom. The number of nitrogens with zero attached hydrogens (tertiary/aromatic N) is 3. The topological polar surface area (TPSA) is 53.0 Å². The van der Waals surface area contributed by atoms with E-state index in [-0.39, 0.29) is 11.8 Å². The van der Waals surface area contributed by atoms with E-state index in [1.165, 1.54) is 22.9 Å². The molecule has 6 heteroatoms. The summed E-state index contributed by atoms with van der Waals surface area (Å²) in [5.74, 6) is -0.404. The van der Waals surface area contributed by atoms with Gasteiger partial charge in [0.25, 0.3) is 11.8 Å². The van der Waals surface area contributed by atoms with Gasteiger partial charge in [0.15, 0.2) is 5.17 Å². The summed E-state index contributed by atoms with van der Waals surface area (Å²) >= 11 is 1.26. The molecule has 2 heterocycles. The second kappa shape index (κ2) is 8.95. The van der Waals surface area contributed by atoms with Crippen molar-refractivity contribution in [3.8, 4) is 0 Å². The van der Waals surface area contributed by atoms with Crippen molar-refractivity contribution in [1.82, 2.24) is 0 Å². The minimum absolute atomic E-state index is 0.174. The molecule has 0 radical (unpaired) electrons. The van der Waals surface area contributed by atoms with E-state index >= 15 is 0 Å². The van der Waals surface area contributed by atoms with Gasteiger partial charge < -0.3 is 4.90 Å². The summed E-state index contributed by atoms with van der Waals surface area (Å²) in [7, 11) is 1.74. The Labute approximate surface area is 203 Å². The highest BCUT2D eigenvalue weighted by atomic mass is 32.2. The van der Waals surface area contributed by atoms with Crippen molar-refractivity contribution in [1.29, 1.82) is 0 Å². The van der Waals surface area contributed by atoms with Crippen molar-refractivity contribution in [2.45, 2.75) is 26.7 Å². The Morgan fingerprint density at radius 1 is 0.794 bits per heavy atom. The van der Waals surface area contributed by atoms with Crippen LogP contribution in [0, 0.1) is 0 Å². The number of likely N-dealkylation sites (N-methyl/N-ethyl adjacent to an activating group) is 1. The zero-order chi connectivity index (χ0) is 23.8. The minimum atomic E-state index is -0.230. The largest absolute Gasteiger partial charge is 0.311 e. The van der Waals surface area contributed by atoms with E-state index in [0.29, 0.717) is 15.6 Å². The van der Waals surface area contributed by atoms with Crippen LogP contribution in [0.5, 0.6) is 0 Å². The van der Waals surface area contributed by atoms with E-state index < -0.39 is 0 Å². The zero-order valence-electron chi connectivity index (χ0n) is 19.4. The number of aliphatic imine (C=N–C) groups is 1. The normalized spacial score (nSPS) is 18.9. The standard InChI is InChI=1S/C28H25N3O2S/c1-4-18-10-14-20(15-11-18)29-28-31(21-16-12-19(5-2)13-17-21)27(33)25(34-28)24-22-8-6-7-9-23(22)30(3)26(24)32/h6-17H,4-5H2,1-3H3/b25-24-,29-28?. The summed E-state index contributed by atoms with van der Waals surface area (Å²) in [6.07, 6.45) is 1.87. The average molecular weight is 468 g/mol. The molecule has 0 N–H and O–H groups in total. The molecule has 5 rings (SSSR count). The Kier molecular flexibility index (Phi) is 5.84. The van der Waals surface area contributed by atoms with E-state index in [4.69, 9.17) is 4.99 Å². The summed E-state index contributed by atoms with van der Waals surface area (Å²) in [4.78, 5) is 35.5. The van der Waals surface area contributed by atoms with Crippen LogP contribution in [0.15, 0.2) is 82.7 Å². The second-order valence-electron chi connectivity index (χ2n) is 8.26. The number of hydrogen-bond donors (Lipinski definition) is 0. The average Bonchev–Trinajstić information content (AvgIpc) is 3.32. The number of carbonyl (C=O) groups is 2. The zero-order valence-corrected chi connectivity index (χ0v) is 20.2. The summed E-state index contributed by atoms with van der Waals surface area (Å²) in [6.45, 7) is 4.21. The van der Waals surface area contributed by atoms with Gasteiger partial charge in [0.2, 0.25) is 0 Å². The molecule has 3 aromatic rings. The van der Waals surface area contributed by atoms with Gasteiger partial charge in [-0.15, -0.1) is 0 Å². The van der Waals surface area contributed by atoms with Crippen molar-refractivity contribution in [2.24, 2.45) is 4.99 Å². The molecule has 170 valence electrons. The Hall–Kier alpha value is -3.64. The predicted molar refractivity (Wildman–Crippen MR) is 141 cm³/mol. The lowest BCUT2D eigenvalue weighted by atomic mass is 10.1. The summed E-state index contributed by atoms with van der Waals surface area (Å²) in [5, 5.41) is 0.542. The maximum absolute atomic E-state index is 13.8. The van der Waals surface area contributed by atoms with Crippen molar-refractivity contribution >= 4 is 51.4 Å². The molecule has 0 unspecified atom stereocenters. The summed E-state index contributed by atoms with van der Waals surface area (Å²) in [5.41, 5.74) is 5.95. The van der Waals surface area contributed by atoms with Crippen LogP contribution in [0.1, 0.15) is 30.5 Å². The van der Waals surface area contributed by atoms with E-state index in [1.807, 2.05) is 72.8 Å². The van der Waals surface area contributed by atoms with Gasteiger partial charge in [0.05, 0.1) is 27.5 Å². The number of benzene rings is 3. The first-order valence-corrected chi connectivity index (χ1v) is 12.2. The lowest BCUT2D eigenvalue weighted by Gasteiger charge is -2.16. The third-order valence-electron chi connectivity index (χ3n) is 6.23. The van der Waals surface area contributed by atoms with Gasteiger partial charge in [-0.2, -0.15) is 0 Å². The number of anilines is 2. The smallest absolute Gasteiger partial charge is 0.272 e. The lowest BCUT2D eigenvalue weighted by Crippen LogP contribution is -2.29. The molecule has 0 saturated carbocycles. The minimum Gasteiger partial charge on any atom is -0.311 e. The fourth-order valence-electron chi connectivity index (χ4n) is 4.21. The predicted octanol–water partition coefficient (Wildman–Crippen LogP) is 5.97. The van der Waals surface area contributed by atoms with Crippen molar-refractivity contribution in [2.75, 3.05) is 16.8 Å². The third kappa shape index (κ3) is 3.74. The Balaban J connectivity index is 1.65. The number of hydrogen-bond acceptors (Lipinski definition) is 4. The van der Waals surface area contributed by atoms with Gasteiger partial charge in [-0.1, -0.05) is 56.3 Å². The maximum atomic E-state index is 13.8. The molecular formula is C28H25N3O2S. The van der Waals surface area contributed by atoms with Gasteiger partial charge >= 0.3 is 0 Å². The van der Waals surface area contributed by atoms with Crippen LogP contribution in [-0.2, 0) is 22.4 Å². The molecule has 34 heavy (non-hydrogen) atoms. The molecule has 0 spiro atoms. The van der Waals surface area contributed by atoms with Crippen molar-refractivity contribution in [3.63, 3.8) is 0 Å². The Morgan fingerprint density at radius 2 is 1.41 bits per heavy atom. The van der Waals surface area contributed by atoms with Gasteiger partial charge in [0, 0.05) is 12.6 Å². The molecular weight excluding hydrogens is 442 g/mol. The van der Waals surface area contributed by atoms with Crippen LogP contribution >= 0.6 is 11.8 Å². The third-order valence-corrected chi connectivity index (χ3v) is 7.27. The fraction of sp³-hybridized carbons (Fsp3) is 0.179. The van der Waals surface area contributed by atoms with Crippen LogP contribution in [0.25, 0.3) is 5.57 Å². The molecule has 2 amide bonds. The van der Waals surface area contributed by atoms with Crippen LogP contribution < -0.4 is 9.80 Å². The maximum Gasteiger partial charge on any atom is 0.272 e. The molecule has 0 aliphatic carbocycles. The van der Waals surface area contributed by atoms with Gasteiger partial charge in [-0.3, -0.25) is 14.5 Å². The highest BCUT2D eigenvalue weighted by molar-refractivity contribution is 8.19. The quantitative estimate of drug-likeness (QED) is 0.445. The van der Waals surface area contributed by atoms with Crippen LogP contribution in [0.2, 0.25) is 0 Å². The molecule has 1 fully saturated rings. The molecule has 2 aliphatic rings. The molecule has 5 nitrogen and oxygen atoms in total. The van der Waals surface area contributed by atoms with Gasteiger partial charge in [-0.25, -0.2) is 4.99 Å². The molecule has 0 atom stereocenters. The first-order valence-electron chi connectivity index (χ1n) is 11.4. The molecule has 0 aromatic heterocycles. The van der Waals surface area contributed by atoms with Crippen LogP contribution in [0.4, 0.5) is 17.1 Å². The second-order valence-corrected chi connectivity index (χ2v) is 9.24. The number of thioether (sulfide) groups is 1. The van der Waals surface area contributed by atoms with E-state index in [1.54, 1.807) is 16.8 Å². The van der Waals surface area contributed by atoms with Gasteiger partial charge in [0.1, 0.15) is 0 Å². The summed E-state index contributed by atoms with van der Waals surface area (Å²) < 4.78 is 0. The SMILES string of the molecule is CCc1ccc(N=C2S/C(=C3\C(=O)N(C)c4ccccc43)C(=O)N2c2ccc(CC)cc2)cc1. The number of fused-ring (bicyclic) bond motifs is 1. The fourth-order valence-corrected chi connectivity index (χ4v) is 5.31. The first kappa shape index (κ1) is 22.2. The highest BCUT2D eigenvalue weighted by Crippen LogP contribution is 2.45. The van der Waals surface area contributed by atoms with Crippen molar-refractivity contribution in [3.05, 3.63) is 94.4 Å². The highest BCUT2D eigenvalue weighted by Gasteiger charge is 2.42. The van der Waals surface area contributed by atoms with Crippen LogP contribution in [-0.4, -0.2) is 24.0 Å². The Bertz CT molecular complexity index is 1340. The molecule has 0 bridgehead atoms. The van der Waals surface area contributed by atoms with Crippen molar-refractivity contribution < 1.29 is 9.59 Å². The molecule has 3 aromatic carbocycles. The molecule has 1 saturated heterocycles. The number of amides is 2. The van der Waals surface area contributed by atoms with E-state index in [9.17, 15) is 9.59 Å². The number of aryl methyl sites for hydroxylation is 2. The lowest BCUT2D eigenvalue weighted by molar-refractivity contribution is -0.115. The van der Waals surface area contributed by atoms with E-state index in [0.717, 1.165) is 35.5 Å². The first-order chi connectivity index (χ1) is 16.5. The summed E-state index contributed by atoms with van der Waals surface area (Å²) in [6, 6.07) is 23.5. The molecule has 2 aliphatic heterocycles. The number of carbonyl (C=O) groups excluding carboxylic acids is 2. The number of amidine groups is 1. The number of para-hydroxylation sites is 1. The van der Waals surface area contributed by atoms with E-state index in [2.05, 4.69) is 13.8 Å². The van der Waals surface area contributed by atoms with Crippen LogP contribution in [0.3, 0.4) is 0 Å².